The van der Waals surface area contributed by atoms with E-state index >= 15 is 0 Å². The fraction of sp³-hybridized carbons (Fsp3) is 0.130. The zero-order chi connectivity index (χ0) is 21.8. The van der Waals surface area contributed by atoms with E-state index in [-0.39, 0.29) is 23.7 Å². The van der Waals surface area contributed by atoms with E-state index in [9.17, 15) is 9.59 Å². The van der Waals surface area contributed by atoms with Crippen molar-refractivity contribution in [3.8, 4) is 16.4 Å². The number of para-hydroxylation sites is 1. The molecule has 2 aromatic heterocycles. The number of nitrogens with zero attached hydrogens (tertiary/aromatic N) is 3. The Bertz CT molecular complexity index is 1200. The van der Waals surface area contributed by atoms with Crippen LogP contribution in [0.15, 0.2) is 72.1 Å². The number of benzene rings is 2. The van der Waals surface area contributed by atoms with Crippen molar-refractivity contribution in [1.29, 1.82) is 0 Å². The van der Waals surface area contributed by atoms with E-state index in [1.54, 1.807) is 10.7 Å². The van der Waals surface area contributed by atoms with Gasteiger partial charge in [-0.15, -0.1) is 16.4 Å². The smallest absolute Gasteiger partial charge is 0.291 e. The van der Waals surface area contributed by atoms with Crippen molar-refractivity contribution in [2.75, 3.05) is 5.32 Å². The molecule has 31 heavy (non-hydrogen) atoms. The van der Waals surface area contributed by atoms with Gasteiger partial charge in [0.1, 0.15) is 0 Å². The van der Waals surface area contributed by atoms with Gasteiger partial charge in [-0.1, -0.05) is 36.4 Å². The summed E-state index contributed by atoms with van der Waals surface area (Å²) >= 11 is 1.54. The highest BCUT2D eigenvalue weighted by atomic mass is 32.1. The summed E-state index contributed by atoms with van der Waals surface area (Å²) in [6, 6.07) is 20.6. The van der Waals surface area contributed by atoms with Gasteiger partial charge in [0.15, 0.2) is 5.82 Å². The van der Waals surface area contributed by atoms with Crippen LogP contribution >= 0.6 is 11.3 Å². The predicted octanol–water partition coefficient (Wildman–Crippen LogP) is 4.45. The van der Waals surface area contributed by atoms with Crippen molar-refractivity contribution in [1.82, 2.24) is 20.1 Å². The molecule has 0 spiro atoms. The fourth-order valence-electron chi connectivity index (χ4n) is 3.16. The maximum atomic E-state index is 12.9. The second-order valence-electron chi connectivity index (χ2n) is 6.99. The van der Waals surface area contributed by atoms with Gasteiger partial charge in [0.2, 0.25) is 11.7 Å². The van der Waals surface area contributed by atoms with Crippen LogP contribution in [-0.4, -0.2) is 26.6 Å². The van der Waals surface area contributed by atoms with Crippen LogP contribution in [0, 0.1) is 0 Å². The zero-order valence-electron chi connectivity index (χ0n) is 17.1. The number of aromatic nitrogens is 3. The molecule has 0 aliphatic carbocycles. The molecule has 8 heteroatoms. The molecule has 2 aromatic carbocycles. The summed E-state index contributed by atoms with van der Waals surface area (Å²) in [4.78, 5) is 29.7. The number of nitrogens with one attached hydrogen (secondary N) is 2. The molecule has 1 unspecified atom stereocenters. The first-order valence-corrected chi connectivity index (χ1v) is 10.6. The zero-order valence-corrected chi connectivity index (χ0v) is 17.9. The predicted molar refractivity (Wildman–Crippen MR) is 121 cm³/mol. The van der Waals surface area contributed by atoms with Crippen molar-refractivity contribution in [3.05, 3.63) is 83.5 Å². The second-order valence-corrected chi connectivity index (χ2v) is 7.93. The van der Waals surface area contributed by atoms with Crippen molar-refractivity contribution in [2.45, 2.75) is 19.9 Å². The van der Waals surface area contributed by atoms with Crippen LogP contribution in [0.1, 0.15) is 36.1 Å². The summed E-state index contributed by atoms with van der Waals surface area (Å²) in [5, 5.41) is 12.1. The second kappa shape index (κ2) is 8.93. The summed E-state index contributed by atoms with van der Waals surface area (Å²) in [6.45, 7) is 3.33. The molecular formula is C23H21N5O2S. The SMILES string of the molecule is CC(=O)Nc1cccc(C(C)NC(=O)c2nc(-c3cccs3)n(-c3ccccc3)n2)c1. The van der Waals surface area contributed by atoms with Crippen LogP contribution < -0.4 is 10.6 Å². The monoisotopic (exact) mass is 431 g/mol. The third kappa shape index (κ3) is 4.70. The number of amides is 2. The first kappa shape index (κ1) is 20.5. The van der Waals surface area contributed by atoms with Gasteiger partial charge in [-0.3, -0.25) is 9.59 Å². The van der Waals surface area contributed by atoms with Crippen LogP contribution in [0.3, 0.4) is 0 Å². The summed E-state index contributed by atoms with van der Waals surface area (Å²) in [5.41, 5.74) is 2.37. The van der Waals surface area contributed by atoms with Crippen LogP contribution in [-0.2, 0) is 4.79 Å². The van der Waals surface area contributed by atoms with Crippen molar-refractivity contribution < 1.29 is 9.59 Å². The van der Waals surface area contributed by atoms with Gasteiger partial charge in [0.05, 0.1) is 16.6 Å². The molecule has 2 amide bonds. The normalized spacial score (nSPS) is 11.7. The minimum absolute atomic E-state index is 0.0946. The van der Waals surface area contributed by atoms with Gasteiger partial charge >= 0.3 is 0 Å². The Morgan fingerprint density at radius 2 is 1.84 bits per heavy atom. The van der Waals surface area contributed by atoms with Crippen LogP contribution in [0.2, 0.25) is 0 Å². The van der Waals surface area contributed by atoms with Crippen molar-refractivity contribution in [3.63, 3.8) is 0 Å². The Morgan fingerprint density at radius 3 is 2.55 bits per heavy atom. The molecule has 0 bridgehead atoms. The van der Waals surface area contributed by atoms with Gasteiger partial charge in [-0.25, -0.2) is 9.67 Å². The number of carbonyl (C=O) groups excluding carboxylic acids is 2. The van der Waals surface area contributed by atoms with E-state index in [1.807, 2.05) is 73.0 Å². The Balaban J connectivity index is 1.60. The lowest BCUT2D eigenvalue weighted by Crippen LogP contribution is -2.27. The lowest BCUT2D eigenvalue weighted by Gasteiger charge is -2.14. The molecule has 4 aromatic rings. The number of hydrogen-bond donors (Lipinski definition) is 2. The summed E-state index contributed by atoms with van der Waals surface area (Å²) in [5.74, 6) is 0.194. The number of carbonyl (C=O) groups is 2. The highest BCUT2D eigenvalue weighted by Crippen LogP contribution is 2.26. The molecule has 2 heterocycles. The first-order valence-electron chi connectivity index (χ1n) is 9.76. The Labute approximate surface area is 183 Å². The largest absolute Gasteiger partial charge is 0.343 e. The molecule has 0 saturated carbocycles. The van der Waals surface area contributed by atoms with E-state index < -0.39 is 0 Å². The molecular weight excluding hydrogens is 410 g/mol. The first-order chi connectivity index (χ1) is 15.0. The topological polar surface area (TPSA) is 88.9 Å². The summed E-state index contributed by atoms with van der Waals surface area (Å²) in [7, 11) is 0. The molecule has 0 aliphatic heterocycles. The number of rotatable bonds is 6. The van der Waals surface area contributed by atoms with Crippen molar-refractivity contribution >= 4 is 28.8 Å². The third-order valence-electron chi connectivity index (χ3n) is 4.61. The number of hydrogen-bond acceptors (Lipinski definition) is 5. The molecule has 0 saturated heterocycles. The molecule has 0 aliphatic rings. The standard InChI is InChI=1S/C23H21N5O2S/c1-15(17-8-6-9-18(14-17)25-16(2)29)24-23(30)21-26-22(20-12-7-13-31-20)28(27-21)19-10-4-3-5-11-19/h3-15H,1-2H3,(H,24,30)(H,25,29). The van der Waals surface area contributed by atoms with Crippen LogP contribution in [0.5, 0.6) is 0 Å². The van der Waals surface area contributed by atoms with E-state index in [0.29, 0.717) is 11.5 Å². The van der Waals surface area contributed by atoms with Gasteiger partial charge in [-0.2, -0.15) is 0 Å². The highest BCUT2D eigenvalue weighted by Gasteiger charge is 2.21. The maximum absolute atomic E-state index is 12.9. The van der Waals surface area contributed by atoms with Gasteiger partial charge in [0.25, 0.3) is 5.91 Å². The number of anilines is 1. The van der Waals surface area contributed by atoms with E-state index in [0.717, 1.165) is 16.1 Å². The Morgan fingerprint density at radius 1 is 1.03 bits per heavy atom. The van der Waals surface area contributed by atoms with E-state index in [1.165, 1.54) is 18.3 Å². The van der Waals surface area contributed by atoms with Gasteiger partial charge in [0, 0.05) is 12.6 Å². The molecule has 2 N–H and O–H groups in total. The third-order valence-corrected chi connectivity index (χ3v) is 5.47. The fourth-order valence-corrected chi connectivity index (χ4v) is 3.85. The summed E-state index contributed by atoms with van der Waals surface area (Å²) in [6.07, 6.45) is 0. The molecule has 7 nitrogen and oxygen atoms in total. The minimum atomic E-state index is -0.370. The van der Waals surface area contributed by atoms with Crippen molar-refractivity contribution in [2.24, 2.45) is 0 Å². The Kier molecular flexibility index (Phi) is 5.90. The van der Waals surface area contributed by atoms with E-state index in [2.05, 4.69) is 20.7 Å². The minimum Gasteiger partial charge on any atom is -0.343 e. The summed E-state index contributed by atoms with van der Waals surface area (Å²) < 4.78 is 1.68. The molecule has 4 rings (SSSR count). The molecule has 156 valence electrons. The number of thiophene rings is 1. The van der Waals surface area contributed by atoms with Gasteiger partial charge < -0.3 is 10.6 Å². The van der Waals surface area contributed by atoms with E-state index in [4.69, 9.17) is 0 Å². The lowest BCUT2D eigenvalue weighted by atomic mass is 10.1. The molecule has 1 atom stereocenters. The molecule has 0 fully saturated rings. The maximum Gasteiger partial charge on any atom is 0.291 e. The Hall–Kier alpha value is -3.78. The van der Waals surface area contributed by atoms with Crippen LogP contribution in [0.25, 0.3) is 16.4 Å². The van der Waals surface area contributed by atoms with Gasteiger partial charge in [-0.05, 0) is 48.2 Å². The quantitative estimate of drug-likeness (QED) is 0.472. The van der Waals surface area contributed by atoms with Crippen LogP contribution in [0.4, 0.5) is 5.69 Å². The average molecular weight is 432 g/mol. The highest BCUT2D eigenvalue weighted by molar-refractivity contribution is 7.13. The molecule has 0 radical (unpaired) electrons. The average Bonchev–Trinajstić information content (AvgIpc) is 3.44. The lowest BCUT2D eigenvalue weighted by molar-refractivity contribution is -0.114.